The highest BCUT2D eigenvalue weighted by atomic mass is 16.2. The van der Waals surface area contributed by atoms with Gasteiger partial charge in [-0.2, -0.15) is 0 Å². The van der Waals surface area contributed by atoms with Crippen LogP contribution in [0.2, 0.25) is 0 Å². The Morgan fingerprint density at radius 1 is 1.26 bits per heavy atom. The molecule has 1 aliphatic rings. The highest BCUT2D eigenvalue weighted by Gasteiger charge is 2.29. The molecular formula is C16H29NO2. The lowest BCUT2D eigenvalue weighted by molar-refractivity contribution is -0.126. The summed E-state index contributed by atoms with van der Waals surface area (Å²) in [5.41, 5.74) is 0. The molecule has 0 spiro atoms. The van der Waals surface area contributed by atoms with Crippen molar-refractivity contribution >= 4 is 11.7 Å². The highest BCUT2D eigenvalue weighted by molar-refractivity contribution is 5.81. The molecule has 1 aliphatic carbocycles. The Balaban J connectivity index is 2.39. The van der Waals surface area contributed by atoms with Crippen LogP contribution in [0.5, 0.6) is 0 Å². The minimum absolute atomic E-state index is 0.0450. The molecule has 1 rings (SSSR count). The Morgan fingerprint density at radius 2 is 1.95 bits per heavy atom. The number of rotatable bonds is 7. The molecule has 3 atom stereocenters. The van der Waals surface area contributed by atoms with Gasteiger partial charge in [-0.1, -0.05) is 46.0 Å². The summed E-state index contributed by atoms with van der Waals surface area (Å²) in [6.07, 6.45) is 8.22. The monoisotopic (exact) mass is 267 g/mol. The fraction of sp³-hybridized carbons (Fsp3) is 0.875. The van der Waals surface area contributed by atoms with Gasteiger partial charge in [-0.05, 0) is 25.7 Å². The largest absolute Gasteiger partial charge is 0.353 e. The lowest BCUT2D eigenvalue weighted by Crippen LogP contribution is -2.44. The Hall–Kier alpha value is -0.860. The van der Waals surface area contributed by atoms with E-state index in [2.05, 4.69) is 19.2 Å². The summed E-state index contributed by atoms with van der Waals surface area (Å²) < 4.78 is 0. The molecule has 0 aromatic carbocycles. The SMILES string of the molecule is CCCC[C@@H](C)CC(=O)NC1CCCCC1C(C)=O. The molecule has 0 aliphatic heterocycles. The number of amides is 1. The van der Waals surface area contributed by atoms with Gasteiger partial charge in [0.15, 0.2) is 0 Å². The molecule has 1 amide bonds. The quantitative estimate of drug-likeness (QED) is 0.767. The predicted molar refractivity (Wildman–Crippen MR) is 77.9 cm³/mol. The Kier molecular flexibility index (Phi) is 7.11. The Morgan fingerprint density at radius 3 is 2.58 bits per heavy atom. The minimum atomic E-state index is 0.0450. The first-order chi connectivity index (χ1) is 9.04. The Bertz CT molecular complexity index is 301. The van der Waals surface area contributed by atoms with Gasteiger partial charge in [-0.25, -0.2) is 0 Å². The number of hydrogen-bond acceptors (Lipinski definition) is 2. The number of unbranched alkanes of at least 4 members (excludes halogenated alkanes) is 1. The number of ketones is 1. The molecule has 0 aromatic rings. The molecule has 0 heterocycles. The second-order valence-corrected chi connectivity index (χ2v) is 6.13. The van der Waals surface area contributed by atoms with E-state index in [0.29, 0.717) is 12.3 Å². The number of Topliss-reactive ketones (excluding diaryl/α,β-unsaturated/α-hetero) is 1. The highest BCUT2D eigenvalue weighted by Crippen LogP contribution is 2.25. The zero-order valence-electron chi connectivity index (χ0n) is 12.7. The molecule has 0 aromatic heterocycles. The molecule has 1 saturated carbocycles. The third kappa shape index (κ3) is 5.75. The fourth-order valence-electron chi connectivity index (χ4n) is 3.03. The second kappa shape index (κ2) is 8.34. The van der Waals surface area contributed by atoms with Crippen LogP contribution in [0.25, 0.3) is 0 Å². The molecule has 2 unspecified atom stereocenters. The van der Waals surface area contributed by atoms with Gasteiger partial charge in [0, 0.05) is 18.4 Å². The number of carbonyl (C=O) groups excluding carboxylic acids is 2. The van der Waals surface area contributed by atoms with Crippen molar-refractivity contribution in [2.45, 2.75) is 78.2 Å². The van der Waals surface area contributed by atoms with E-state index >= 15 is 0 Å². The lowest BCUT2D eigenvalue weighted by Gasteiger charge is -2.30. The average Bonchev–Trinajstić information content (AvgIpc) is 2.36. The normalized spacial score (nSPS) is 24.8. The van der Waals surface area contributed by atoms with Gasteiger partial charge in [0.1, 0.15) is 5.78 Å². The van der Waals surface area contributed by atoms with Crippen LogP contribution in [0.1, 0.15) is 72.1 Å². The topological polar surface area (TPSA) is 46.2 Å². The summed E-state index contributed by atoms with van der Waals surface area (Å²) in [7, 11) is 0. The fourth-order valence-corrected chi connectivity index (χ4v) is 3.03. The second-order valence-electron chi connectivity index (χ2n) is 6.13. The molecule has 1 N–H and O–H groups in total. The van der Waals surface area contributed by atoms with Gasteiger partial charge >= 0.3 is 0 Å². The van der Waals surface area contributed by atoms with Crippen molar-refractivity contribution in [3.8, 4) is 0 Å². The standard InChI is InChI=1S/C16H29NO2/c1-4-5-8-12(2)11-16(19)17-15-10-7-6-9-14(15)13(3)18/h12,14-15H,4-11H2,1-3H3,(H,17,19)/t12-,14?,15?/m1/s1. The van der Waals surface area contributed by atoms with Gasteiger partial charge in [0.2, 0.25) is 5.91 Å². The van der Waals surface area contributed by atoms with Crippen molar-refractivity contribution < 1.29 is 9.59 Å². The summed E-state index contributed by atoms with van der Waals surface area (Å²) in [6, 6.07) is 0.0807. The van der Waals surface area contributed by atoms with Crippen molar-refractivity contribution in [1.29, 1.82) is 0 Å². The van der Waals surface area contributed by atoms with E-state index in [1.807, 2.05) is 0 Å². The first kappa shape index (κ1) is 16.2. The summed E-state index contributed by atoms with van der Waals surface area (Å²) in [5.74, 6) is 0.841. The van der Waals surface area contributed by atoms with E-state index < -0.39 is 0 Å². The molecule has 0 saturated heterocycles. The first-order valence-electron chi connectivity index (χ1n) is 7.84. The van der Waals surface area contributed by atoms with Crippen LogP contribution < -0.4 is 5.32 Å². The zero-order valence-corrected chi connectivity index (χ0v) is 12.7. The van der Waals surface area contributed by atoms with Gasteiger partial charge < -0.3 is 5.32 Å². The van der Waals surface area contributed by atoms with Gasteiger partial charge in [0.25, 0.3) is 0 Å². The minimum Gasteiger partial charge on any atom is -0.353 e. The van der Waals surface area contributed by atoms with Gasteiger partial charge in [-0.15, -0.1) is 0 Å². The van der Waals surface area contributed by atoms with Crippen LogP contribution in [-0.2, 0) is 9.59 Å². The van der Waals surface area contributed by atoms with Crippen molar-refractivity contribution in [1.82, 2.24) is 5.32 Å². The van der Waals surface area contributed by atoms with Crippen molar-refractivity contribution in [3.63, 3.8) is 0 Å². The maximum absolute atomic E-state index is 12.0. The van der Waals surface area contributed by atoms with Crippen LogP contribution in [0.3, 0.4) is 0 Å². The predicted octanol–water partition coefficient (Wildman–Crippen LogP) is 3.47. The molecule has 19 heavy (non-hydrogen) atoms. The van der Waals surface area contributed by atoms with E-state index in [9.17, 15) is 9.59 Å². The summed E-state index contributed by atoms with van der Waals surface area (Å²) in [4.78, 5) is 23.6. The van der Waals surface area contributed by atoms with Gasteiger partial charge in [0.05, 0.1) is 0 Å². The first-order valence-corrected chi connectivity index (χ1v) is 7.84. The van der Waals surface area contributed by atoms with E-state index in [0.717, 1.165) is 32.1 Å². The van der Waals surface area contributed by atoms with Gasteiger partial charge in [-0.3, -0.25) is 9.59 Å². The lowest BCUT2D eigenvalue weighted by atomic mass is 9.82. The molecular weight excluding hydrogens is 238 g/mol. The van der Waals surface area contributed by atoms with E-state index in [1.54, 1.807) is 6.92 Å². The van der Waals surface area contributed by atoms with Crippen LogP contribution in [0.15, 0.2) is 0 Å². The molecule has 110 valence electrons. The zero-order chi connectivity index (χ0) is 14.3. The molecule has 3 heteroatoms. The maximum atomic E-state index is 12.0. The average molecular weight is 267 g/mol. The van der Waals surface area contributed by atoms with Crippen molar-refractivity contribution in [2.75, 3.05) is 0 Å². The number of carbonyl (C=O) groups is 2. The molecule has 0 radical (unpaired) electrons. The number of hydrogen-bond donors (Lipinski definition) is 1. The molecule has 0 bridgehead atoms. The third-order valence-electron chi connectivity index (χ3n) is 4.22. The Labute approximate surface area is 117 Å². The molecule has 1 fully saturated rings. The van der Waals surface area contributed by atoms with E-state index in [1.165, 1.54) is 12.8 Å². The third-order valence-corrected chi connectivity index (χ3v) is 4.22. The van der Waals surface area contributed by atoms with Crippen LogP contribution in [0.4, 0.5) is 0 Å². The van der Waals surface area contributed by atoms with Crippen molar-refractivity contribution in [2.24, 2.45) is 11.8 Å². The van der Waals surface area contributed by atoms with Crippen LogP contribution in [-0.4, -0.2) is 17.7 Å². The summed E-state index contributed by atoms with van der Waals surface area (Å²) in [5, 5.41) is 3.10. The maximum Gasteiger partial charge on any atom is 0.220 e. The number of nitrogens with one attached hydrogen (secondary N) is 1. The smallest absolute Gasteiger partial charge is 0.220 e. The summed E-state index contributed by atoms with van der Waals surface area (Å²) >= 11 is 0. The van der Waals surface area contributed by atoms with Crippen LogP contribution in [0, 0.1) is 11.8 Å². The summed E-state index contributed by atoms with van der Waals surface area (Å²) in [6.45, 7) is 5.96. The van der Waals surface area contributed by atoms with E-state index in [4.69, 9.17) is 0 Å². The van der Waals surface area contributed by atoms with E-state index in [-0.39, 0.29) is 23.7 Å². The molecule has 3 nitrogen and oxygen atoms in total. The van der Waals surface area contributed by atoms with Crippen LogP contribution >= 0.6 is 0 Å². The van der Waals surface area contributed by atoms with Crippen molar-refractivity contribution in [3.05, 3.63) is 0 Å².